The molecule has 118 valence electrons. The summed E-state index contributed by atoms with van der Waals surface area (Å²) in [7, 11) is 0. The first-order chi connectivity index (χ1) is 11.1. The molecule has 3 nitrogen and oxygen atoms in total. The molecule has 1 atom stereocenters. The van der Waals surface area contributed by atoms with Gasteiger partial charge in [-0.3, -0.25) is 4.79 Å². The Hall–Kier alpha value is -2.14. The van der Waals surface area contributed by atoms with Crippen molar-refractivity contribution in [3.63, 3.8) is 0 Å². The fraction of sp³-hybridized carbons (Fsp3) is 0.167. The Morgan fingerprint density at radius 1 is 1.30 bits per heavy atom. The molecule has 1 amide bonds. The Balaban J connectivity index is 1.71. The van der Waals surface area contributed by atoms with Gasteiger partial charge < -0.3 is 10.1 Å². The number of hydrogen-bond acceptors (Lipinski definition) is 2. The maximum Gasteiger partial charge on any atom is 0.244 e. The number of halogens is 2. The number of amides is 1. The predicted octanol–water partition coefficient (Wildman–Crippen LogP) is 4.24. The quantitative estimate of drug-likeness (QED) is 0.814. The van der Waals surface area contributed by atoms with Crippen LogP contribution in [0.4, 0.5) is 4.39 Å². The normalized spacial score (nSPS) is 16.7. The van der Waals surface area contributed by atoms with E-state index >= 15 is 0 Å². The summed E-state index contributed by atoms with van der Waals surface area (Å²) in [5.74, 6) is 0.252. The first kappa shape index (κ1) is 15.7. The summed E-state index contributed by atoms with van der Waals surface area (Å²) in [6.07, 6.45) is 3.73. The summed E-state index contributed by atoms with van der Waals surface area (Å²) in [5.41, 5.74) is 1.61. The molecule has 0 fully saturated rings. The highest BCUT2D eigenvalue weighted by Gasteiger charge is 2.22. The Morgan fingerprint density at radius 2 is 2.17 bits per heavy atom. The van der Waals surface area contributed by atoms with Crippen LogP contribution in [0.3, 0.4) is 0 Å². The van der Waals surface area contributed by atoms with Crippen molar-refractivity contribution in [3.8, 4) is 5.75 Å². The van der Waals surface area contributed by atoms with Gasteiger partial charge in [-0.2, -0.15) is 0 Å². The van der Waals surface area contributed by atoms with Gasteiger partial charge in [-0.05, 0) is 42.0 Å². The molecule has 1 N–H and O–H groups in total. The number of carbonyl (C=O) groups is 1. The topological polar surface area (TPSA) is 38.3 Å². The number of benzene rings is 2. The van der Waals surface area contributed by atoms with Crippen LogP contribution in [0.15, 0.2) is 53.0 Å². The van der Waals surface area contributed by atoms with E-state index in [-0.39, 0.29) is 17.8 Å². The zero-order valence-electron chi connectivity index (χ0n) is 12.3. The zero-order chi connectivity index (χ0) is 16.2. The Morgan fingerprint density at radius 3 is 3.00 bits per heavy atom. The molecule has 0 radical (unpaired) electrons. The SMILES string of the molecule is O=C(C=Cc1cccc(F)c1)NC1CCOc2ccc(Br)cc21. The average Bonchev–Trinajstić information content (AvgIpc) is 2.54. The van der Waals surface area contributed by atoms with Crippen molar-refractivity contribution < 1.29 is 13.9 Å². The molecule has 23 heavy (non-hydrogen) atoms. The van der Waals surface area contributed by atoms with Gasteiger partial charge in [0.1, 0.15) is 11.6 Å². The van der Waals surface area contributed by atoms with Crippen LogP contribution in [-0.4, -0.2) is 12.5 Å². The van der Waals surface area contributed by atoms with Gasteiger partial charge in [0.15, 0.2) is 0 Å². The molecule has 0 spiro atoms. The molecule has 0 bridgehead atoms. The summed E-state index contributed by atoms with van der Waals surface area (Å²) in [5, 5.41) is 2.97. The molecule has 1 unspecified atom stereocenters. The summed E-state index contributed by atoms with van der Waals surface area (Å²) >= 11 is 3.43. The van der Waals surface area contributed by atoms with Crippen LogP contribution in [-0.2, 0) is 4.79 Å². The lowest BCUT2D eigenvalue weighted by atomic mass is 10.0. The summed E-state index contributed by atoms with van der Waals surface area (Å²) < 4.78 is 19.7. The van der Waals surface area contributed by atoms with Crippen LogP contribution >= 0.6 is 15.9 Å². The Bertz CT molecular complexity index is 760. The molecule has 0 aromatic heterocycles. The lowest BCUT2D eigenvalue weighted by Gasteiger charge is -2.26. The van der Waals surface area contributed by atoms with Crippen LogP contribution in [0.25, 0.3) is 6.08 Å². The van der Waals surface area contributed by atoms with Gasteiger partial charge >= 0.3 is 0 Å². The molecule has 1 heterocycles. The summed E-state index contributed by atoms with van der Waals surface area (Å²) in [6, 6.07) is 11.8. The standard InChI is InChI=1S/C18H15BrFNO2/c19-13-5-6-17-15(11-13)16(8-9-23-17)21-18(22)7-4-12-2-1-3-14(20)10-12/h1-7,10-11,16H,8-9H2,(H,21,22). The lowest BCUT2D eigenvalue weighted by molar-refractivity contribution is -0.117. The third-order valence-corrected chi connectivity index (χ3v) is 4.10. The highest BCUT2D eigenvalue weighted by Crippen LogP contribution is 2.34. The number of nitrogens with one attached hydrogen (secondary N) is 1. The molecule has 0 saturated carbocycles. The van der Waals surface area contributed by atoms with E-state index in [1.807, 2.05) is 18.2 Å². The predicted molar refractivity (Wildman–Crippen MR) is 90.6 cm³/mol. The van der Waals surface area contributed by atoms with Crippen molar-refractivity contribution in [2.24, 2.45) is 0 Å². The molecular weight excluding hydrogens is 361 g/mol. The van der Waals surface area contributed by atoms with E-state index in [2.05, 4.69) is 21.2 Å². The van der Waals surface area contributed by atoms with Gasteiger partial charge in [-0.1, -0.05) is 28.1 Å². The van der Waals surface area contributed by atoms with Gasteiger partial charge in [-0.25, -0.2) is 4.39 Å². The molecule has 2 aromatic rings. The van der Waals surface area contributed by atoms with Crippen LogP contribution in [0, 0.1) is 5.82 Å². The van der Waals surface area contributed by atoms with Crippen molar-refractivity contribution in [2.45, 2.75) is 12.5 Å². The average molecular weight is 376 g/mol. The van der Waals surface area contributed by atoms with E-state index in [0.717, 1.165) is 15.8 Å². The van der Waals surface area contributed by atoms with Gasteiger partial charge in [0.05, 0.1) is 12.6 Å². The fourth-order valence-electron chi connectivity index (χ4n) is 2.52. The van der Waals surface area contributed by atoms with E-state index in [1.54, 1.807) is 18.2 Å². The van der Waals surface area contributed by atoms with Crippen molar-refractivity contribution in [3.05, 3.63) is 70.0 Å². The Labute approximate surface area is 142 Å². The highest BCUT2D eigenvalue weighted by molar-refractivity contribution is 9.10. The minimum atomic E-state index is -0.323. The van der Waals surface area contributed by atoms with E-state index in [1.165, 1.54) is 18.2 Å². The maximum atomic E-state index is 13.1. The minimum absolute atomic E-state index is 0.0964. The maximum absolute atomic E-state index is 13.1. The first-order valence-electron chi connectivity index (χ1n) is 7.28. The molecule has 5 heteroatoms. The molecule has 0 saturated heterocycles. The fourth-order valence-corrected chi connectivity index (χ4v) is 2.90. The monoisotopic (exact) mass is 375 g/mol. The van der Waals surface area contributed by atoms with Crippen LogP contribution in [0.2, 0.25) is 0 Å². The van der Waals surface area contributed by atoms with Crippen molar-refractivity contribution in [1.29, 1.82) is 0 Å². The smallest absolute Gasteiger partial charge is 0.244 e. The molecule has 0 aliphatic carbocycles. The van der Waals surface area contributed by atoms with Crippen LogP contribution in [0.5, 0.6) is 5.75 Å². The van der Waals surface area contributed by atoms with Gasteiger partial charge in [0.25, 0.3) is 0 Å². The lowest BCUT2D eigenvalue weighted by Crippen LogP contribution is -2.31. The summed E-state index contributed by atoms with van der Waals surface area (Å²) in [4.78, 5) is 12.1. The van der Waals surface area contributed by atoms with E-state index in [9.17, 15) is 9.18 Å². The van der Waals surface area contributed by atoms with Gasteiger partial charge in [0, 0.05) is 22.5 Å². The van der Waals surface area contributed by atoms with Gasteiger partial charge in [0.2, 0.25) is 5.91 Å². The van der Waals surface area contributed by atoms with Crippen LogP contribution in [0.1, 0.15) is 23.6 Å². The Kier molecular flexibility index (Phi) is 4.76. The number of rotatable bonds is 3. The third kappa shape index (κ3) is 3.99. The zero-order valence-corrected chi connectivity index (χ0v) is 13.8. The second-order valence-electron chi connectivity index (χ2n) is 5.27. The van der Waals surface area contributed by atoms with Gasteiger partial charge in [-0.15, -0.1) is 0 Å². The molecule has 3 rings (SSSR count). The number of ether oxygens (including phenoxy) is 1. The summed E-state index contributed by atoms with van der Waals surface area (Å²) in [6.45, 7) is 0.563. The third-order valence-electron chi connectivity index (χ3n) is 3.60. The van der Waals surface area contributed by atoms with Crippen molar-refractivity contribution in [1.82, 2.24) is 5.32 Å². The van der Waals surface area contributed by atoms with E-state index < -0.39 is 0 Å². The highest BCUT2D eigenvalue weighted by atomic mass is 79.9. The second kappa shape index (κ2) is 6.96. The van der Waals surface area contributed by atoms with Crippen molar-refractivity contribution in [2.75, 3.05) is 6.61 Å². The van der Waals surface area contributed by atoms with Crippen LogP contribution < -0.4 is 10.1 Å². The molecule has 1 aliphatic rings. The molecular formula is C18H15BrFNO2. The first-order valence-corrected chi connectivity index (χ1v) is 8.07. The molecule has 2 aromatic carbocycles. The number of fused-ring (bicyclic) bond motifs is 1. The largest absolute Gasteiger partial charge is 0.493 e. The number of hydrogen-bond donors (Lipinski definition) is 1. The minimum Gasteiger partial charge on any atom is -0.493 e. The van der Waals surface area contributed by atoms with E-state index in [4.69, 9.17) is 4.74 Å². The molecule has 1 aliphatic heterocycles. The van der Waals surface area contributed by atoms with Crippen molar-refractivity contribution >= 4 is 27.9 Å². The number of carbonyl (C=O) groups excluding carboxylic acids is 1. The van der Waals surface area contributed by atoms with E-state index in [0.29, 0.717) is 18.6 Å². The second-order valence-corrected chi connectivity index (χ2v) is 6.18.